The molecule has 1 aromatic rings. The Kier molecular flexibility index (Phi) is 2.20. The minimum absolute atomic E-state index is 0.0498. The third kappa shape index (κ3) is 1.30. The van der Waals surface area contributed by atoms with Gasteiger partial charge in [-0.2, -0.15) is 4.98 Å². The molecule has 1 saturated heterocycles. The zero-order chi connectivity index (χ0) is 14.2. The van der Waals surface area contributed by atoms with Gasteiger partial charge in [0.05, 0.1) is 0 Å². The number of anilines is 1. The van der Waals surface area contributed by atoms with E-state index in [-0.39, 0.29) is 17.7 Å². The van der Waals surface area contributed by atoms with E-state index in [9.17, 15) is 8.78 Å². The number of rotatable bonds is 2. The maximum atomic E-state index is 14.7. The van der Waals surface area contributed by atoms with Crippen molar-refractivity contribution in [1.29, 1.82) is 0 Å². The van der Waals surface area contributed by atoms with Gasteiger partial charge in [-0.3, -0.25) is 0 Å². The van der Waals surface area contributed by atoms with Crippen LogP contribution in [0, 0.1) is 17.8 Å². The van der Waals surface area contributed by atoms with Crippen molar-refractivity contribution >= 4 is 5.95 Å². The first-order valence-corrected chi connectivity index (χ1v) is 7.83. The van der Waals surface area contributed by atoms with Crippen LogP contribution in [0.4, 0.5) is 14.7 Å². The summed E-state index contributed by atoms with van der Waals surface area (Å²) in [5.74, 6) is -2.38. The average Bonchev–Trinajstić information content (AvgIpc) is 2.85. The smallest absolute Gasteiger partial charge is 0.266 e. The van der Waals surface area contributed by atoms with Gasteiger partial charge in [-0.1, -0.05) is 0 Å². The molecular weight excluding hydrogens is 278 g/mol. The molecule has 4 unspecified atom stereocenters. The summed E-state index contributed by atoms with van der Waals surface area (Å²) in [6.07, 6.45) is 2.16. The lowest BCUT2D eigenvalue weighted by molar-refractivity contribution is -0.107. The topological polar surface area (TPSA) is 54.2 Å². The molecule has 0 spiro atoms. The summed E-state index contributed by atoms with van der Waals surface area (Å²) in [6.45, 7) is 3.30. The van der Waals surface area contributed by atoms with Crippen LogP contribution in [0.15, 0.2) is 4.52 Å². The van der Waals surface area contributed by atoms with E-state index in [4.69, 9.17) is 4.52 Å². The second kappa shape index (κ2) is 3.74. The Morgan fingerprint density at radius 1 is 1.19 bits per heavy atom. The van der Waals surface area contributed by atoms with Gasteiger partial charge in [0.25, 0.3) is 11.9 Å². The second-order valence-corrected chi connectivity index (χ2v) is 6.85. The minimum Gasteiger partial charge on any atom is -0.336 e. The molecule has 114 valence electrons. The average molecular weight is 296 g/mol. The van der Waals surface area contributed by atoms with Crippen molar-refractivity contribution in [1.82, 2.24) is 15.5 Å². The Morgan fingerprint density at radius 2 is 2.00 bits per heavy atom. The highest BCUT2D eigenvalue weighted by Crippen LogP contribution is 2.80. The largest absolute Gasteiger partial charge is 0.336 e. The highest BCUT2D eigenvalue weighted by Gasteiger charge is 2.87. The van der Waals surface area contributed by atoms with Crippen molar-refractivity contribution in [3.63, 3.8) is 0 Å². The Bertz CT molecular complexity index is 579. The van der Waals surface area contributed by atoms with Crippen LogP contribution in [-0.2, 0) is 5.41 Å². The highest BCUT2D eigenvalue weighted by molar-refractivity contribution is 5.41. The minimum atomic E-state index is -2.67. The first kappa shape index (κ1) is 12.3. The zero-order valence-corrected chi connectivity index (χ0v) is 11.7. The SMILES string of the molecule is FC1(F)C2CCC3C(C2)C31c1nc(N2CCNCC2)no1. The molecule has 5 fully saturated rings. The highest BCUT2D eigenvalue weighted by atomic mass is 19.3. The molecule has 0 amide bonds. The Labute approximate surface area is 121 Å². The van der Waals surface area contributed by atoms with E-state index in [2.05, 4.69) is 15.5 Å². The van der Waals surface area contributed by atoms with Crippen molar-refractivity contribution in [2.24, 2.45) is 17.8 Å². The summed E-state index contributed by atoms with van der Waals surface area (Å²) in [7, 11) is 0. The summed E-state index contributed by atoms with van der Waals surface area (Å²) >= 11 is 0. The molecule has 5 nitrogen and oxygen atoms in total. The first-order chi connectivity index (χ1) is 10.2. The standard InChI is InChI=1S/C14H18F2N4O/c15-14(16)8-1-2-9-10(7-8)13(9,14)11-18-12(19-21-11)20-5-3-17-4-6-20/h8-10,17H,1-7H2. The maximum absolute atomic E-state index is 14.7. The molecule has 1 aromatic heterocycles. The van der Waals surface area contributed by atoms with Gasteiger partial charge in [0.15, 0.2) is 0 Å². The number of hydrogen-bond donors (Lipinski definition) is 1. The van der Waals surface area contributed by atoms with E-state index >= 15 is 0 Å². The summed E-state index contributed by atoms with van der Waals surface area (Å²) < 4.78 is 34.8. The fraction of sp³-hybridized carbons (Fsp3) is 0.857. The fourth-order valence-corrected chi connectivity index (χ4v) is 5.12. The van der Waals surface area contributed by atoms with Crippen LogP contribution < -0.4 is 10.2 Å². The number of alkyl halides is 2. The van der Waals surface area contributed by atoms with E-state index in [1.807, 2.05) is 4.90 Å². The van der Waals surface area contributed by atoms with Crippen molar-refractivity contribution in [2.45, 2.75) is 30.6 Å². The van der Waals surface area contributed by atoms with E-state index in [0.29, 0.717) is 18.8 Å². The third-order valence-electron chi connectivity index (χ3n) is 6.14. The number of piperazine rings is 1. The number of nitrogens with one attached hydrogen (secondary N) is 1. The van der Waals surface area contributed by atoms with Crippen LogP contribution in [0.2, 0.25) is 0 Å². The lowest BCUT2D eigenvalue weighted by Crippen LogP contribution is -2.44. The molecule has 4 aliphatic carbocycles. The Morgan fingerprint density at radius 3 is 2.67 bits per heavy atom. The Hall–Kier alpha value is -1.24. The summed E-state index contributed by atoms with van der Waals surface area (Å²) in [4.78, 5) is 6.39. The molecule has 7 heteroatoms. The van der Waals surface area contributed by atoms with Gasteiger partial charge in [-0.25, -0.2) is 8.78 Å². The third-order valence-corrected chi connectivity index (χ3v) is 6.14. The van der Waals surface area contributed by atoms with Crippen molar-refractivity contribution in [3.8, 4) is 0 Å². The number of fused-ring (bicyclic) bond motifs is 1. The van der Waals surface area contributed by atoms with E-state index in [1.165, 1.54) is 0 Å². The van der Waals surface area contributed by atoms with Crippen LogP contribution in [0.25, 0.3) is 0 Å². The summed E-state index contributed by atoms with van der Waals surface area (Å²) in [6, 6.07) is 0. The molecule has 4 bridgehead atoms. The molecule has 4 atom stereocenters. The molecule has 0 radical (unpaired) electrons. The number of halogens is 2. The first-order valence-electron chi connectivity index (χ1n) is 7.83. The van der Waals surface area contributed by atoms with E-state index < -0.39 is 17.3 Å². The molecule has 1 N–H and O–H groups in total. The van der Waals surface area contributed by atoms with E-state index in [1.54, 1.807) is 0 Å². The van der Waals surface area contributed by atoms with Gasteiger partial charge in [0.1, 0.15) is 5.41 Å². The molecule has 21 heavy (non-hydrogen) atoms. The molecule has 6 rings (SSSR count). The normalized spacial score (nSPS) is 43.1. The van der Waals surface area contributed by atoms with Crippen LogP contribution >= 0.6 is 0 Å². The second-order valence-electron chi connectivity index (χ2n) is 6.85. The van der Waals surface area contributed by atoms with Gasteiger partial charge in [-0.05, 0) is 36.3 Å². The molecule has 4 saturated carbocycles. The predicted molar refractivity (Wildman–Crippen MR) is 70.3 cm³/mol. The lowest BCUT2D eigenvalue weighted by atomic mass is 9.78. The molecule has 2 heterocycles. The molecule has 5 aliphatic rings. The van der Waals surface area contributed by atoms with Crippen LogP contribution in [0.1, 0.15) is 25.2 Å². The number of nitrogens with zero attached hydrogens (tertiary/aromatic N) is 3. The molecule has 0 aromatic carbocycles. The van der Waals surface area contributed by atoms with Crippen molar-refractivity contribution in [2.75, 3.05) is 31.1 Å². The number of aromatic nitrogens is 2. The molecular formula is C14H18F2N4O. The number of hydrogen-bond acceptors (Lipinski definition) is 5. The van der Waals surface area contributed by atoms with E-state index in [0.717, 1.165) is 32.6 Å². The summed E-state index contributed by atoms with van der Waals surface area (Å²) in [5.41, 5.74) is -1.13. The Balaban J connectivity index is 1.50. The predicted octanol–water partition coefficient (Wildman–Crippen LogP) is 1.41. The van der Waals surface area contributed by atoms with Gasteiger partial charge in [0, 0.05) is 32.1 Å². The van der Waals surface area contributed by atoms with Crippen molar-refractivity contribution < 1.29 is 13.3 Å². The van der Waals surface area contributed by atoms with Gasteiger partial charge >= 0.3 is 0 Å². The van der Waals surface area contributed by atoms with Crippen LogP contribution in [0.3, 0.4) is 0 Å². The van der Waals surface area contributed by atoms with Gasteiger partial charge in [-0.15, -0.1) is 0 Å². The fourth-order valence-electron chi connectivity index (χ4n) is 5.12. The summed E-state index contributed by atoms with van der Waals surface area (Å²) in [5, 5.41) is 7.23. The van der Waals surface area contributed by atoms with Gasteiger partial charge in [0.2, 0.25) is 5.89 Å². The quantitative estimate of drug-likeness (QED) is 0.894. The van der Waals surface area contributed by atoms with Crippen LogP contribution in [0.5, 0.6) is 0 Å². The lowest BCUT2D eigenvalue weighted by Gasteiger charge is -2.33. The monoisotopic (exact) mass is 296 g/mol. The maximum Gasteiger partial charge on any atom is 0.266 e. The molecule has 1 aliphatic heterocycles. The van der Waals surface area contributed by atoms with Crippen molar-refractivity contribution in [3.05, 3.63) is 5.89 Å². The van der Waals surface area contributed by atoms with Gasteiger partial charge < -0.3 is 14.7 Å². The zero-order valence-electron chi connectivity index (χ0n) is 11.7. The van der Waals surface area contributed by atoms with Crippen LogP contribution in [-0.4, -0.2) is 42.2 Å².